The van der Waals surface area contributed by atoms with Gasteiger partial charge in [0.25, 0.3) is 10.0 Å². The molecule has 0 unspecified atom stereocenters. The standard InChI is InChI=1S/C25H32N2O4S/c1-31-22-11-13-23(14-12-22)32(29,30)27-17-5-8-20-18-21(10-15-24(20)27)26-25(28)16-9-19-6-3-2-4-7-19/h10-15,18-19H,2-9,16-17H2,1H3,(H,26,28). The first kappa shape index (κ1) is 22.6. The van der Waals surface area contributed by atoms with Crippen LogP contribution in [0.2, 0.25) is 0 Å². The van der Waals surface area contributed by atoms with Gasteiger partial charge in [-0.05, 0) is 73.2 Å². The van der Waals surface area contributed by atoms with E-state index in [1.165, 1.54) is 36.4 Å². The minimum atomic E-state index is -3.67. The maximum Gasteiger partial charge on any atom is 0.264 e. The molecule has 1 saturated carbocycles. The quantitative estimate of drug-likeness (QED) is 0.626. The minimum absolute atomic E-state index is 0.0362. The number of fused-ring (bicyclic) bond motifs is 1. The molecule has 0 spiro atoms. The molecule has 0 aromatic heterocycles. The van der Waals surface area contributed by atoms with E-state index in [9.17, 15) is 13.2 Å². The molecule has 1 aliphatic heterocycles. The zero-order chi connectivity index (χ0) is 22.6. The molecule has 1 fully saturated rings. The molecule has 2 aromatic rings. The summed E-state index contributed by atoms with van der Waals surface area (Å²) in [6.07, 6.45) is 9.39. The van der Waals surface area contributed by atoms with Gasteiger partial charge in [0, 0.05) is 18.7 Å². The first-order valence-electron chi connectivity index (χ1n) is 11.6. The van der Waals surface area contributed by atoms with Crippen molar-refractivity contribution in [3.05, 3.63) is 48.0 Å². The van der Waals surface area contributed by atoms with Crippen LogP contribution in [0.1, 0.15) is 56.9 Å². The van der Waals surface area contributed by atoms with Gasteiger partial charge in [0.2, 0.25) is 5.91 Å². The van der Waals surface area contributed by atoms with Gasteiger partial charge in [-0.25, -0.2) is 8.42 Å². The Kier molecular flexibility index (Phi) is 7.04. The molecule has 0 saturated heterocycles. The smallest absolute Gasteiger partial charge is 0.264 e. The number of carbonyl (C=O) groups is 1. The fraction of sp³-hybridized carbons (Fsp3) is 0.480. The van der Waals surface area contributed by atoms with Crippen LogP contribution in [-0.4, -0.2) is 28.0 Å². The van der Waals surface area contributed by atoms with E-state index in [0.717, 1.165) is 30.5 Å². The topological polar surface area (TPSA) is 75.7 Å². The summed E-state index contributed by atoms with van der Waals surface area (Å²) in [5, 5.41) is 3.01. The van der Waals surface area contributed by atoms with Crippen molar-refractivity contribution in [2.24, 2.45) is 5.92 Å². The van der Waals surface area contributed by atoms with E-state index in [1.54, 1.807) is 37.4 Å². The van der Waals surface area contributed by atoms with E-state index in [4.69, 9.17) is 4.74 Å². The maximum absolute atomic E-state index is 13.3. The highest BCUT2D eigenvalue weighted by molar-refractivity contribution is 7.92. The van der Waals surface area contributed by atoms with Crippen molar-refractivity contribution in [2.45, 2.75) is 62.7 Å². The second kappa shape index (κ2) is 9.94. The molecule has 32 heavy (non-hydrogen) atoms. The van der Waals surface area contributed by atoms with Crippen LogP contribution < -0.4 is 14.4 Å². The monoisotopic (exact) mass is 456 g/mol. The van der Waals surface area contributed by atoms with Gasteiger partial charge in [-0.3, -0.25) is 9.10 Å². The Morgan fingerprint density at radius 2 is 1.81 bits per heavy atom. The Morgan fingerprint density at radius 1 is 1.06 bits per heavy atom. The molecular formula is C25H32N2O4S. The van der Waals surface area contributed by atoms with Crippen molar-refractivity contribution in [3.63, 3.8) is 0 Å². The van der Waals surface area contributed by atoms with Crippen molar-refractivity contribution in [2.75, 3.05) is 23.3 Å². The molecule has 4 rings (SSSR count). The number of nitrogens with one attached hydrogen (secondary N) is 1. The van der Waals surface area contributed by atoms with Crippen molar-refractivity contribution >= 4 is 27.3 Å². The summed E-state index contributed by atoms with van der Waals surface area (Å²) in [7, 11) is -2.11. The van der Waals surface area contributed by atoms with Crippen LogP contribution >= 0.6 is 0 Å². The molecule has 1 heterocycles. The first-order valence-corrected chi connectivity index (χ1v) is 13.0. The molecule has 0 bridgehead atoms. The Morgan fingerprint density at radius 3 is 2.53 bits per heavy atom. The molecule has 2 aliphatic rings. The normalized spacial score (nSPS) is 17.0. The van der Waals surface area contributed by atoms with Gasteiger partial charge in [-0.15, -0.1) is 0 Å². The second-order valence-electron chi connectivity index (χ2n) is 8.79. The minimum Gasteiger partial charge on any atom is -0.497 e. The second-order valence-corrected chi connectivity index (χ2v) is 10.7. The molecule has 7 heteroatoms. The number of rotatable bonds is 7. The number of amides is 1. The van der Waals surface area contributed by atoms with Gasteiger partial charge in [0.15, 0.2) is 0 Å². The lowest BCUT2D eigenvalue weighted by atomic mass is 9.86. The molecule has 0 radical (unpaired) electrons. The van der Waals surface area contributed by atoms with Gasteiger partial charge in [0.05, 0.1) is 17.7 Å². The first-order chi connectivity index (χ1) is 15.5. The average Bonchev–Trinajstić information content (AvgIpc) is 2.83. The summed E-state index contributed by atoms with van der Waals surface area (Å²) in [5.41, 5.74) is 2.37. The summed E-state index contributed by atoms with van der Waals surface area (Å²) >= 11 is 0. The van der Waals surface area contributed by atoms with Crippen molar-refractivity contribution < 1.29 is 17.9 Å². The van der Waals surface area contributed by atoms with Crippen LogP contribution in [0.3, 0.4) is 0 Å². The van der Waals surface area contributed by atoms with Crippen LogP contribution in [0, 0.1) is 5.92 Å². The third-order valence-electron chi connectivity index (χ3n) is 6.59. The third kappa shape index (κ3) is 5.09. The number of hydrogen-bond acceptors (Lipinski definition) is 4. The van der Waals surface area contributed by atoms with Gasteiger partial charge in [0.1, 0.15) is 5.75 Å². The van der Waals surface area contributed by atoms with Gasteiger partial charge < -0.3 is 10.1 Å². The lowest BCUT2D eigenvalue weighted by Gasteiger charge is -2.31. The molecule has 1 N–H and O–H groups in total. The average molecular weight is 457 g/mol. The Labute approximate surface area is 191 Å². The van der Waals surface area contributed by atoms with Crippen LogP contribution in [0.15, 0.2) is 47.4 Å². The van der Waals surface area contributed by atoms with Gasteiger partial charge >= 0.3 is 0 Å². The van der Waals surface area contributed by atoms with Crippen LogP contribution in [0.5, 0.6) is 5.75 Å². The fourth-order valence-corrected chi connectivity index (χ4v) is 6.34. The molecule has 6 nitrogen and oxygen atoms in total. The number of benzene rings is 2. The number of aryl methyl sites for hydroxylation is 1. The Hall–Kier alpha value is -2.54. The Balaban J connectivity index is 1.45. The molecule has 1 aliphatic carbocycles. The van der Waals surface area contributed by atoms with Crippen molar-refractivity contribution in [3.8, 4) is 5.75 Å². The number of carbonyl (C=O) groups excluding carboxylic acids is 1. The van der Waals surface area contributed by atoms with E-state index in [2.05, 4.69) is 5.32 Å². The number of methoxy groups -OCH3 is 1. The number of ether oxygens (including phenoxy) is 1. The summed E-state index contributed by atoms with van der Waals surface area (Å²) < 4.78 is 33.1. The highest BCUT2D eigenvalue weighted by atomic mass is 32.2. The summed E-state index contributed by atoms with van der Waals surface area (Å²) in [4.78, 5) is 12.7. The fourth-order valence-electron chi connectivity index (χ4n) is 4.80. The largest absolute Gasteiger partial charge is 0.497 e. The van der Waals surface area contributed by atoms with E-state index in [-0.39, 0.29) is 10.8 Å². The molecule has 2 aromatic carbocycles. The van der Waals surface area contributed by atoms with E-state index in [1.807, 2.05) is 12.1 Å². The van der Waals surface area contributed by atoms with E-state index in [0.29, 0.717) is 30.3 Å². The van der Waals surface area contributed by atoms with Gasteiger partial charge in [-0.2, -0.15) is 0 Å². The van der Waals surface area contributed by atoms with Crippen molar-refractivity contribution in [1.82, 2.24) is 0 Å². The van der Waals surface area contributed by atoms with Crippen molar-refractivity contribution in [1.29, 1.82) is 0 Å². The highest BCUT2D eigenvalue weighted by Gasteiger charge is 2.29. The zero-order valence-corrected chi connectivity index (χ0v) is 19.5. The molecule has 0 atom stereocenters. The molecule has 1 amide bonds. The van der Waals surface area contributed by atoms with Crippen LogP contribution in [0.25, 0.3) is 0 Å². The predicted octanol–water partition coefficient (Wildman–Crippen LogP) is 5.14. The summed E-state index contributed by atoms with van der Waals surface area (Å²) in [6, 6.07) is 12.0. The number of sulfonamides is 1. The van der Waals surface area contributed by atoms with Crippen LogP contribution in [0.4, 0.5) is 11.4 Å². The highest BCUT2D eigenvalue weighted by Crippen LogP contribution is 2.34. The summed E-state index contributed by atoms with van der Waals surface area (Å²) in [6.45, 7) is 0.439. The van der Waals surface area contributed by atoms with Gasteiger partial charge in [-0.1, -0.05) is 32.1 Å². The maximum atomic E-state index is 13.3. The van der Waals surface area contributed by atoms with Crippen LogP contribution in [-0.2, 0) is 21.2 Å². The third-order valence-corrected chi connectivity index (χ3v) is 8.42. The SMILES string of the molecule is COc1ccc(S(=O)(=O)N2CCCc3cc(NC(=O)CCC4CCCCC4)ccc32)cc1. The number of hydrogen-bond donors (Lipinski definition) is 1. The lowest BCUT2D eigenvalue weighted by Crippen LogP contribution is -2.35. The summed E-state index contributed by atoms with van der Waals surface area (Å²) in [5.74, 6) is 1.33. The van der Waals surface area contributed by atoms with E-state index < -0.39 is 10.0 Å². The van der Waals surface area contributed by atoms with E-state index >= 15 is 0 Å². The molecular weight excluding hydrogens is 424 g/mol. The Bertz CT molecular complexity index is 1040. The predicted molar refractivity (Wildman–Crippen MR) is 127 cm³/mol. The number of anilines is 2. The lowest BCUT2D eigenvalue weighted by molar-refractivity contribution is -0.116. The zero-order valence-electron chi connectivity index (χ0n) is 18.7. The number of nitrogens with zero attached hydrogens (tertiary/aromatic N) is 1. The molecule has 172 valence electrons.